The normalized spacial score (nSPS) is 11.6. The summed E-state index contributed by atoms with van der Waals surface area (Å²) in [6.07, 6.45) is -0.656. The molecule has 1 aromatic rings. The van der Waals surface area contributed by atoms with Gasteiger partial charge in [-0.1, -0.05) is 0 Å². The van der Waals surface area contributed by atoms with Crippen molar-refractivity contribution in [2.75, 3.05) is 5.73 Å². The Labute approximate surface area is 113 Å². The third kappa shape index (κ3) is 4.16. The molecule has 0 spiro atoms. The molecular weight excluding hydrogens is 268 g/mol. The van der Waals surface area contributed by atoms with Gasteiger partial charge in [-0.3, -0.25) is 9.59 Å². The number of aliphatic carboxylic acids is 2. The van der Waals surface area contributed by atoms with Crippen LogP contribution in [0.25, 0.3) is 0 Å². The van der Waals surface area contributed by atoms with E-state index in [0.717, 1.165) is 6.07 Å². The highest BCUT2D eigenvalue weighted by Crippen LogP contribution is 2.20. The summed E-state index contributed by atoms with van der Waals surface area (Å²) in [6, 6.07) is 2.43. The molecule has 0 unspecified atom stereocenters. The first-order chi connectivity index (χ1) is 9.31. The number of phenolic OH excluding ortho intramolecular Hbond substituents is 1. The molecule has 108 valence electrons. The van der Waals surface area contributed by atoms with E-state index in [-0.39, 0.29) is 23.4 Å². The minimum atomic E-state index is -1.35. The second kappa shape index (κ2) is 6.41. The van der Waals surface area contributed by atoms with E-state index < -0.39 is 30.3 Å². The van der Waals surface area contributed by atoms with Crippen LogP contribution in [0.15, 0.2) is 18.2 Å². The van der Waals surface area contributed by atoms with Gasteiger partial charge >= 0.3 is 11.9 Å². The molecule has 0 heterocycles. The summed E-state index contributed by atoms with van der Waals surface area (Å²) in [6.45, 7) is 0. The summed E-state index contributed by atoms with van der Waals surface area (Å²) in [5, 5.41) is 29.1. The van der Waals surface area contributed by atoms with Gasteiger partial charge in [0.25, 0.3) is 5.91 Å². The Kier molecular flexibility index (Phi) is 4.90. The molecule has 0 saturated carbocycles. The molecule has 1 amide bonds. The quantitative estimate of drug-likeness (QED) is 0.461. The van der Waals surface area contributed by atoms with Gasteiger partial charge in [0.05, 0.1) is 5.56 Å². The number of nitrogens with one attached hydrogen (secondary N) is 1. The van der Waals surface area contributed by atoms with Gasteiger partial charge < -0.3 is 26.4 Å². The number of carbonyl (C=O) groups excluding carboxylic acids is 1. The van der Waals surface area contributed by atoms with Crippen LogP contribution in [0.3, 0.4) is 0 Å². The summed E-state index contributed by atoms with van der Waals surface area (Å²) in [7, 11) is 0. The molecule has 1 atom stereocenters. The van der Waals surface area contributed by atoms with Crippen LogP contribution in [0.5, 0.6) is 5.75 Å². The van der Waals surface area contributed by atoms with Crippen molar-refractivity contribution in [1.82, 2.24) is 5.32 Å². The first-order valence-electron chi connectivity index (χ1n) is 5.65. The summed E-state index contributed by atoms with van der Waals surface area (Å²) < 4.78 is 0. The molecule has 0 saturated heterocycles. The third-order valence-corrected chi connectivity index (χ3v) is 2.52. The lowest BCUT2D eigenvalue weighted by molar-refractivity contribution is -0.140. The average molecular weight is 282 g/mol. The topological polar surface area (TPSA) is 150 Å². The molecule has 0 aliphatic carbocycles. The monoisotopic (exact) mass is 282 g/mol. The molecule has 8 nitrogen and oxygen atoms in total. The molecule has 0 aliphatic heterocycles. The molecule has 6 N–H and O–H groups in total. The number of phenols is 1. The standard InChI is InChI=1S/C12H14N2O6/c13-6-1-2-7(9(15)5-6)11(18)14-8(12(19)20)3-4-10(16)17/h1-2,5,8,15H,3-4,13H2,(H,14,18)(H,16,17)(H,19,20)/t8-/m0/s1. The van der Waals surface area contributed by atoms with E-state index in [9.17, 15) is 19.5 Å². The number of carboxylic acids is 2. The lowest BCUT2D eigenvalue weighted by Crippen LogP contribution is -2.41. The zero-order valence-corrected chi connectivity index (χ0v) is 10.4. The Morgan fingerprint density at radius 1 is 1.25 bits per heavy atom. The first-order valence-corrected chi connectivity index (χ1v) is 5.65. The van der Waals surface area contributed by atoms with Crippen molar-refractivity contribution in [1.29, 1.82) is 0 Å². The zero-order chi connectivity index (χ0) is 15.3. The van der Waals surface area contributed by atoms with Gasteiger partial charge in [-0.15, -0.1) is 0 Å². The van der Waals surface area contributed by atoms with Gasteiger partial charge in [-0.2, -0.15) is 0 Å². The van der Waals surface area contributed by atoms with E-state index in [1.54, 1.807) is 0 Å². The van der Waals surface area contributed by atoms with Crippen molar-refractivity contribution in [3.8, 4) is 5.75 Å². The van der Waals surface area contributed by atoms with Crippen LogP contribution < -0.4 is 11.1 Å². The van der Waals surface area contributed by atoms with Crippen molar-refractivity contribution in [3.63, 3.8) is 0 Å². The van der Waals surface area contributed by atoms with Gasteiger partial charge in [0.1, 0.15) is 11.8 Å². The maximum atomic E-state index is 11.8. The average Bonchev–Trinajstić information content (AvgIpc) is 2.33. The second-order valence-corrected chi connectivity index (χ2v) is 4.07. The molecule has 0 bridgehead atoms. The fourth-order valence-electron chi connectivity index (χ4n) is 1.50. The molecule has 1 rings (SSSR count). The minimum absolute atomic E-state index is 0.138. The van der Waals surface area contributed by atoms with Crippen LogP contribution in [0.1, 0.15) is 23.2 Å². The van der Waals surface area contributed by atoms with E-state index in [1.807, 2.05) is 0 Å². The highest BCUT2D eigenvalue weighted by Gasteiger charge is 2.22. The van der Waals surface area contributed by atoms with Crippen molar-refractivity contribution >= 4 is 23.5 Å². The molecule has 0 aliphatic rings. The second-order valence-electron chi connectivity index (χ2n) is 4.07. The number of nitrogen functional groups attached to an aromatic ring is 1. The lowest BCUT2D eigenvalue weighted by Gasteiger charge is -2.14. The van der Waals surface area contributed by atoms with Crippen molar-refractivity contribution < 1.29 is 29.7 Å². The van der Waals surface area contributed by atoms with Gasteiger partial charge in [0.15, 0.2) is 0 Å². The summed E-state index contributed by atoms with van der Waals surface area (Å²) in [5.74, 6) is -3.72. The Morgan fingerprint density at radius 2 is 1.90 bits per heavy atom. The van der Waals surface area contributed by atoms with E-state index in [0.29, 0.717) is 0 Å². The Balaban J connectivity index is 2.80. The van der Waals surface area contributed by atoms with Gasteiger partial charge in [-0.05, 0) is 18.6 Å². The number of carboxylic acid groups (broad SMARTS) is 2. The van der Waals surface area contributed by atoms with E-state index in [1.165, 1.54) is 12.1 Å². The molecular formula is C12H14N2O6. The summed E-state index contributed by atoms with van der Waals surface area (Å²) in [5.41, 5.74) is 5.52. The van der Waals surface area contributed by atoms with Crippen molar-refractivity contribution in [2.45, 2.75) is 18.9 Å². The Morgan fingerprint density at radius 3 is 2.40 bits per heavy atom. The number of carbonyl (C=O) groups is 3. The Bertz CT molecular complexity index is 543. The Hall–Kier alpha value is -2.77. The summed E-state index contributed by atoms with van der Waals surface area (Å²) in [4.78, 5) is 33.2. The van der Waals surface area contributed by atoms with E-state index >= 15 is 0 Å². The maximum absolute atomic E-state index is 11.8. The lowest BCUT2D eigenvalue weighted by atomic mass is 10.1. The number of hydrogen-bond acceptors (Lipinski definition) is 5. The van der Waals surface area contributed by atoms with Crippen LogP contribution in [0.4, 0.5) is 5.69 Å². The van der Waals surface area contributed by atoms with Crippen LogP contribution in [0.2, 0.25) is 0 Å². The molecule has 8 heteroatoms. The van der Waals surface area contributed by atoms with E-state index in [4.69, 9.17) is 15.9 Å². The molecule has 1 aromatic carbocycles. The number of nitrogens with two attached hydrogens (primary N) is 1. The predicted octanol–water partition coefficient (Wildman–Crippen LogP) is 0.0222. The first kappa shape index (κ1) is 15.3. The molecule has 0 fully saturated rings. The van der Waals surface area contributed by atoms with Gasteiger partial charge in [-0.25, -0.2) is 4.79 Å². The number of amides is 1. The predicted molar refractivity (Wildman–Crippen MR) is 68.3 cm³/mol. The number of anilines is 1. The summed E-state index contributed by atoms with van der Waals surface area (Å²) >= 11 is 0. The number of aromatic hydroxyl groups is 1. The van der Waals surface area contributed by atoms with E-state index in [2.05, 4.69) is 5.32 Å². The number of rotatable bonds is 6. The van der Waals surface area contributed by atoms with Crippen LogP contribution >= 0.6 is 0 Å². The van der Waals surface area contributed by atoms with Gasteiger partial charge in [0, 0.05) is 18.2 Å². The number of benzene rings is 1. The minimum Gasteiger partial charge on any atom is -0.507 e. The van der Waals surface area contributed by atoms with Crippen LogP contribution in [0, 0.1) is 0 Å². The van der Waals surface area contributed by atoms with Crippen molar-refractivity contribution in [2.24, 2.45) is 0 Å². The fraction of sp³-hybridized carbons (Fsp3) is 0.250. The molecule has 0 radical (unpaired) electrons. The highest BCUT2D eigenvalue weighted by molar-refractivity contribution is 5.99. The smallest absolute Gasteiger partial charge is 0.326 e. The third-order valence-electron chi connectivity index (χ3n) is 2.52. The SMILES string of the molecule is Nc1ccc(C(=O)N[C@@H](CCC(=O)O)C(=O)O)c(O)c1. The molecule has 20 heavy (non-hydrogen) atoms. The fourth-order valence-corrected chi connectivity index (χ4v) is 1.50. The van der Waals surface area contributed by atoms with Crippen LogP contribution in [-0.2, 0) is 9.59 Å². The zero-order valence-electron chi connectivity index (χ0n) is 10.4. The van der Waals surface area contributed by atoms with Crippen molar-refractivity contribution in [3.05, 3.63) is 23.8 Å². The number of hydrogen-bond donors (Lipinski definition) is 5. The van der Waals surface area contributed by atoms with Gasteiger partial charge in [0.2, 0.25) is 0 Å². The largest absolute Gasteiger partial charge is 0.507 e. The molecule has 0 aromatic heterocycles. The highest BCUT2D eigenvalue weighted by atomic mass is 16.4. The van der Waals surface area contributed by atoms with Crippen LogP contribution in [-0.4, -0.2) is 39.2 Å². The maximum Gasteiger partial charge on any atom is 0.326 e.